The van der Waals surface area contributed by atoms with Crippen LogP contribution in [0.2, 0.25) is 0 Å². The van der Waals surface area contributed by atoms with Gasteiger partial charge in [-0.05, 0) is 49.2 Å². The Morgan fingerprint density at radius 1 is 1.29 bits per heavy atom. The first kappa shape index (κ1) is 10.7. The molecule has 4 rings (SSSR count). The fraction of sp³-hybridized carbons (Fsp3) is 0.923. The van der Waals surface area contributed by atoms with Crippen molar-refractivity contribution in [1.29, 1.82) is 0 Å². The van der Waals surface area contributed by atoms with E-state index in [9.17, 15) is 9.90 Å². The smallest absolute Gasteiger partial charge is 0.236 e. The summed E-state index contributed by atoms with van der Waals surface area (Å²) in [5.41, 5.74) is 0. The minimum Gasteiger partial charge on any atom is -0.391 e. The van der Waals surface area contributed by atoms with Gasteiger partial charge in [0.15, 0.2) is 0 Å². The van der Waals surface area contributed by atoms with Gasteiger partial charge in [0.05, 0.1) is 17.4 Å². The fourth-order valence-electron chi connectivity index (χ4n) is 4.63. The number of likely N-dealkylation sites (tertiary alicyclic amines) is 1. The quantitative estimate of drug-likeness (QED) is 0.761. The summed E-state index contributed by atoms with van der Waals surface area (Å²) in [4.78, 5) is 14.5. The van der Waals surface area contributed by atoms with Crippen molar-refractivity contribution in [2.24, 2.45) is 17.8 Å². The van der Waals surface area contributed by atoms with Crippen LogP contribution in [-0.2, 0) is 4.79 Å². The molecule has 17 heavy (non-hydrogen) atoms. The van der Waals surface area contributed by atoms with Crippen LogP contribution in [-0.4, -0.2) is 45.6 Å². The Hall–Kier alpha value is -0.220. The van der Waals surface area contributed by atoms with Crippen LogP contribution < -0.4 is 0 Å². The number of hydrogen-bond acceptors (Lipinski definition) is 3. The molecule has 4 aliphatic rings. The first-order chi connectivity index (χ1) is 8.25. The maximum atomic E-state index is 12.5. The van der Waals surface area contributed by atoms with Gasteiger partial charge in [-0.1, -0.05) is 0 Å². The fourth-order valence-corrected chi connectivity index (χ4v) is 5.85. The number of hydrogen-bond donors (Lipinski definition) is 1. The Morgan fingerprint density at radius 2 is 2.18 bits per heavy atom. The molecule has 0 aromatic heterocycles. The predicted octanol–water partition coefficient (Wildman–Crippen LogP) is 1.11. The maximum Gasteiger partial charge on any atom is 0.236 e. The number of thioether (sulfide) groups is 1. The first-order valence-electron chi connectivity index (χ1n) is 6.86. The predicted molar refractivity (Wildman–Crippen MR) is 66.7 cm³/mol. The Labute approximate surface area is 106 Å². The number of rotatable bonds is 1. The Balaban J connectivity index is 1.57. The standard InChI is InChI=1S/C13H19NO2S/c15-12-7-4-8-6-14(11(12)9(8)5-7)13(16)10-2-1-3-17-10/h7-12,15H,1-6H2. The van der Waals surface area contributed by atoms with Gasteiger partial charge in [0, 0.05) is 6.54 Å². The molecule has 4 heteroatoms. The lowest BCUT2D eigenvalue weighted by atomic mass is 9.88. The highest BCUT2D eigenvalue weighted by atomic mass is 32.2. The highest BCUT2D eigenvalue weighted by Crippen LogP contribution is 2.55. The van der Waals surface area contributed by atoms with Crippen molar-refractivity contribution >= 4 is 17.7 Å². The lowest BCUT2D eigenvalue weighted by Crippen LogP contribution is -2.46. The molecule has 6 atom stereocenters. The van der Waals surface area contributed by atoms with Crippen LogP contribution in [0, 0.1) is 17.8 Å². The van der Waals surface area contributed by atoms with Crippen molar-refractivity contribution in [2.75, 3.05) is 12.3 Å². The molecule has 4 fully saturated rings. The van der Waals surface area contributed by atoms with Gasteiger partial charge in [-0.2, -0.15) is 0 Å². The Kier molecular flexibility index (Phi) is 2.29. The number of amides is 1. The summed E-state index contributed by atoms with van der Waals surface area (Å²) in [6.45, 7) is 0.929. The van der Waals surface area contributed by atoms with E-state index in [2.05, 4.69) is 4.90 Å². The van der Waals surface area contributed by atoms with E-state index in [1.165, 1.54) is 6.42 Å². The average molecular weight is 253 g/mol. The van der Waals surface area contributed by atoms with Crippen LogP contribution in [0.4, 0.5) is 0 Å². The third-order valence-electron chi connectivity index (χ3n) is 5.34. The van der Waals surface area contributed by atoms with Crippen molar-refractivity contribution < 1.29 is 9.90 Å². The summed E-state index contributed by atoms with van der Waals surface area (Å²) in [6.07, 6.45) is 4.32. The normalized spacial score (nSPS) is 51.5. The van der Waals surface area contributed by atoms with E-state index in [4.69, 9.17) is 0 Å². The number of carbonyl (C=O) groups excluding carboxylic acids is 1. The monoisotopic (exact) mass is 253 g/mol. The first-order valence-corrected chi connectivity index (χ1v) is 7.90. The van der Waals surface area contributed by atoms with Crippen LogP contribution in [0.1, 0.15) is 25.7 Å². The SMILES string of the molecule is O=C(C1CCCS1)N1CC2CC3CC2C1C3O. The molecule has 2 aliphatic carbocycles. The summed E-state index contributed by atoms with van der Waals surface area (Å²) in [7, 11) is 0. The molecule has 0 radical (unpaired) electrons. The zero-order chi connectivity index (χ0) is 11.6. The number of fused-ring (bicyclic) bond motifs is 1. The van der Waals surface area contributed by atoms with Gasteiger partial charge in [0.2, 0.25) is 5.91 Å². The van der Waals surface area contributed by atoms with E-state index in [0.717, 1.165) is 31.6 Å². The lowest BCUT2D eigenvalue weighted by molar-refractivity contribution is -0.133. The highest BCUT2D eigenvalue weighted by molar-refractivity contribution is 8.00. The van der Waals surface area contributed by atoms with Crippen LogP contribution in [0.15, 0.2) is 0 Å². The second-order valence-corrected chi connectivity index (χ2v) is 7.44. The van der Waals surface area contributed by atoms with E-state index >= 15 is 0 Å². The molecule has 2 heterocycles. The summed E-state index contributed by atoms with van der Waals surface area (Å²) in [5.74, 6) is 3.26. The van der Waals surface area contributed by atoms with Gasteiger partial charge >= 0.3 is 0 Å². The van der Waals surface area contributed by atoms with Crippen LogP contribution in [0.5, 0.6) is 0 Å². The van der Waals surface area contributed by atoms with Crippen LogP contribution >= 0.6 is 11.8 Å². The highest BCUT2D eigenvalue weighted by Gasteiger charge is 2.60. The van der Waals surface area contributed by atoms with E-state index in [1.54, 1.807) is 0 Å². The largest absolute Gasteiger partial charge is 0.391 e. The number of nitrogens with zero attached hydrogens (tertiary/aromatic N) is 1. The number of carbonyl (C=O) groups is 1. The van der Waals surface area contributed by atoms with Crippen molar-refractivity contribution in [3.8, 4) is 0 Å². The van der Waals surface area contributed by atoms with Gasteiger partial charge in [0.1, 0.15) is 0 Å². The van der Waals surface area contributed by atoms with Gasteiger partial charge in [0.25, 0.3) is 0 Å². The van der Waals surface area contributed by atoms with Gasteiger partial charge < -0.3 is 10.0 Å². The van der Waals surface area contributed by atoms with Crippen LogP contribution in [0.3, 0.4) is 0 Å². The summed E-state index contributed by atoms with van der Waals surface area (Å²) in [5, 5.41) is 10.5. The van der Waals surface area contributed by atoms with E-state index in [0.29, 0.717) is 23.7 Å². The van der Waals surface area contributed by atoms with E-state index < -0.39 is 0 Å². The van der Waals surface area contributed by atoms with Crippen molar-refractivity contribution in [2.45, 2.75) is 43.1 Å². The Bertz CT molecular complexity index is 353. The van der Waals surface area contributed by atoms with E-state index in [-0.39, 0.29) is 17.4 Å². The molecule has 2 aliphatic heterocycles. The summed E-state index contributed by atoms with van der Waals surface area (Å²) < 4.78 is 0. The third-order valence-corrected chi connectivity index (χ3v) is 6.70. The zero-order valence-corrected chi connectivity index (χ0v) is 10.7. The topological polar surface area (TPSA) is 40.5 Å². The molecule has 0 spiro atoms. The molecule has 2 bridgehead atoms. The molecular formula is C13H19NO2S. The van der Waals surface area contributed by atoms with Crippen molar-refractivity contribution in [3.63, 3.8) is 0 Å². The van der Waals surface area contributed by atoms with Gasteiger partial charge in [-0.15, -0.1) is 11.8 Å². The molecule has 6 unspecified atom stereocenters. The number of aliphatic hydroxyl groups excluding tert-OH is 1. The second kappa shape index (κ2) is 3.64. The summed E-state index contributed by atoms with van der Waals surface area (Å²) >= 11 is 1.81. The van der Waals surface area contributed by atoms with Gasteiger partial charge in [-0.25, -0.2) is 0 Å². The molecule has 1 N–H and O–H groups in total. The molecule has 1 amide bonds. The van der Waals surface area contributed by atoms with E-state index in [1.807, 2.05) is 11.8 Å². The molecule has 0 aromatic rings. The summed E-state index contributed by atoms with van der Waals surface area (Å²) in [6, 6.07) is 0.174. The molecule has 2 saturated carbocycles. The number of aliphatic hydroxyl groups is 1. The lowest BCUT2D eigenvalue weighted by Gasteiger charge is -2.30. The minimum absolute atomic E-state index is 0.174. The van der Waals surface area contributed by atoms with Crippen LogP contribution in [0.25, 0.3) is 0 Å². The third kappa shape index (κ3) is 1.37. The Morgan fingerprint density at radius 3 is 2.88 bits per heavy atom. The maximum absolute atomic E-state index is 12.5. The molecule has 2 saturated heterocycles. The molecule has 0 aromatic carbocycles. The minimum atomic E-state index is -0.228. The second-order valence-electron chi connectivity index (χ2n) is 6.13. The van der Waals surface area contributed by atoms with Crippen molar-refractivity contribution in [1.82, 2.24) is 4.90 Å². The zero-order valence-electron chi connectivity index (χ0n) is 9.92. The molecule has 94 valence electrons. The van der Waals surface area contributed by atoms with Crippen molar-refractivity contribution in [3.05, 3.63) is 0 Å². The molecular weight excluding hydrogens is 234 g/mol. The molecule has 3 nitrogen and oxygen atoms in total. The van der Waals surface area contributed by atoms with Gasteiger partial charge in [-0.3, -0.25) is 4.79 Å². The average Bonchev–Trinajstić information content (AvgIpc) is 3.02.